The summed E-state index contributed by atoms with van der Waals surface area (Å²) in [4.78, 5) is 0. The number of nitriles is 1. The number of methoxy groups -OCH3 is 1. The molecule has 0 radical (unpaired) electrons. The largest absolute Gasteiger partial charge is 0.396 e. The Labute approximate surface area is 106 Å². The Hall–Kier alpha value is -1.77. The third kappa shape index (κ3) is 2.40. The van der Waals surface area contributed by atoms with E-state index in [0.29, 0.717) is 31.0 Å². The van der Waals surface area contributed by atoms with Gasteiger partial charge in [0.15, 0.2) is 0 Å². The van der Waals surface area contributed by atoms with Gasteiger partial charge in [-0.25, -0.2) is 0 Å². The molecule has 3 N–H and O–H groups in total. The van der Waals surface area contributed by atoms with Crippen LogP contribution in [0.5, 0.6) is 0 Å². The lowest BCUT2D eigenvalue weighted by molar-refractivity contribution is -0.00618. The third-order valence-corrected chi connectivity index (χ3v) is 3.33. The zero-order valence-corrected chi connectivity index (χ0v) is 10.4. The van der Waals surface area contributed by atoms with Gasteiger partial charge in [-0.2, -0.15) is 5.26 Å². The quantitative estimate of drug-likeness (QED) is 0.785. The maximum Gasteiger partial charge on any atom is 0.110 e. The van der Waals surface area contributed by atoms with Crippen molar-refractivity contribution >= 4 is 11.4 Å². The summed E-state index contributed by atoms with van der Waals surface area (Å²) in [5.74, 6) is 0. The van der Waals surface area contributed by atoms with Gasteiger partial charge >= 0.3 is 0 Å². The Bertz CT molecular complexity index is 462. The molecule has 0 spiro atoms. The van der Waals surface area contributed by atoms with E-state index in [9.17, 15) is 0 Å². The van der Waals surface area contributed by atoms with Crippen molar-refractivity contribution in [3.8, 4) is 6.07 Å². The van der Waals surface area contributed by atoms with Crippen LogP contribution in [0.15, 0.2) is 18.2 Å². The zero-order chi connectivity index (χ0) is 13.0. The minimum Gasteiger partial charge on any atom is -0.396 e. The molecular weight excluding hydrogens is 230 g/mol. The predicted molar refractivity (Wildman–Crippen MR) is 69.2 cm³/mol. The Kier molecular flexibility index (Phi) is 3.70. The molecule has 1 saturated heterocycles. The first-order chi connectivity index (χ1) is 8.71. The van der Waals surface area contributed by atoms with Crippen LogP contribution in [0.4, 0.5) is 11.4 Å². The summed E-state index contributed by atoms with van der Waals surface area (Å²) in [5.41, 5.74) is 7.33. The first-order valence-corrected chi connectivity index (χ1v) is 5.86. The molecule has 0 aromatic heterocycles. The molecule has 0 amide bonds. The van der Waals surface area contributed by atoms with Crippen LogP contribution in [0.1, 0.15) is 12.0 Å². The number of nitrogens with two attached hydrogens (primary N) is 1. The van der Waals surface area contributed by atoms with Crippen molar-refractivity contribution < 1.29 is 9.47 Å². The van der Waals surface area contributed by atoms with E-state index < -0.39 is 0 Å². The van der Waals surface area contributed by atoms with E-state index in [0.717, 1.165) is 12.1 Å². The second-order valence-electron chi connectivity index (χ2n) is 4.42. The number of nitrogens with zero attached hydrogens (tertiary/aromatic N) is 1. The number of para-hydroxylation sites is 1. The predicted octanol–water partition coefficient (Wildman–Crippen LogP) is 1.36. The van der Waals surface area contributed by atoms with E-state index in [1.54, 1.807) is 13.2 Å². The van der Waals surface area contributed by atoms with Crippen molar-refractivity contribution in [3.63, 3.8) is 0 Å². The summed E-state index contributed by atoms with van der Waals surface area (Å²) in [5, 5.41) is 12.2. The van der Waals surface area contributed by atoms with Crippen LogP contribution in [-0.2, 0) is 9.47 Å². The number of rotatable bonds is 4. The van der Waals surface area contributed by atoms with E-state index in [1.165, 1.54) is 0 Å². The first-order valence-electron chi connectivity index (χ1n) is 5.86. The smallest absolute Gasteiger partial charge is 0.110 e. The molecule has 5 nitrogen and oxygen atoms in total. The highest BCUT2D eigenvalue weighted by molar-refractivity contribution is 5.72. The fourth-order valence-electron chi connectivity index (χ4n) is 2.03. The Balaban J connectivity index is 2.08. The fraction of sp³-hybridized carbons (Fsp3) is 0.462. The Morgan fingerprint density at radius 3 is 3.06 bits per heavy atom. The molecule has 1 aliphatic rings. The Morgan fingerprint density at radius 1 is 1.61 bits per heavy atom. The SMILES string of the molecule is COC1(CNc2cccc(C#N)c2N)CCOC1. The highest BCUT2D eigenvalue weighted by atomic mass is 16.5. The summed E-state index contributed by atoms with van der Waals surface area (Å²) >= 11 is 0. The average Bonchev–Trinajstić information content (AvgIpc) is 2.87. The fourth-order valence-corrected chi connectivity index (χ4v) is 2.03. The van der Waals surface area contributed by atoms with Gasteiger partial charge in [-0.05, 0) is 12.1 Å². The minimum absolute atomic E-state index is 0.297. The van der Waals surface area contributed by atoms with Crippen LogP contribution >= 0.6 is 0 Å². The molecule has 1 heterocycles. The summed E-state index contributed by atoms with van der Waals surface area (Å²) in [6.07, 6.45) is 0.856. The second-order valence-corrected chi connectivity index (χ2v) is 4.42. The molecule has 2 rings (SSSR count). The van der Waals surface area contributed by atoms with Crippen molar-refractivity contribution in [2.75, 3.05) is 37.9 Å². The van der Waals surface area contributed by atoms with Gasteiger partial charge in [0, 0.05) is 26.7 Å². The number of anilines is 2. The topological polar surface area (TPSA) is 80.3 Å². The molecule has 1 atom stereocenters. The standard InChI is InChI=1S/C13H17N3O2/c1-17-13(5-6-18-9-13)8-16-11-4-2-3-10(7-14)12(11)15/h2-4,16H,5-6,8-9,15H2,1H3. The molecule has 96 valence electrons. The summed E-state index contributed by atoms with van der Waals surface area (Å²) < 4.78 is 10.9. The molecular formula is C13H17N3O2. The first kappa shape index (κ1) is 12.7. The van der Waals surface area contributed by atoms with Crippen molar-refractivity contribution in [1.29, 1.82) is 5.26 Å². The van der Waals surface area contributed by atoms with Crippen molar-refractivity contribution in [1.82, 2.24) is 0 Å². The van der Waals surface area contributed by atoms with Gasteiger partial charge in [-0.3, -0.25) is 0 Å². The van der Waals surface area contributed by atoms with Gasteiger partial charge in [0.2, 0.25) is 0 Å². The summed E-state index contributed by atoms with van der Waals surface area (Å²) in [6.45, 7) is 1.90. The molecule has 1 unspecified atom stereocenters. The van der Waals surface area contributed by atoms with E-state index in [1.807, 2.05) is 12.1 Å². The van der Waals surface area contributed by atoms with E-state index in [2.05, 4.69) is 11.4 Å². The molecule has 1 fully saturated rings. The number of hydrogen-bond donors (Lipinski definition) is 2. The number of ether oxygens (including phenoxy) is 2. The highest BCUT2D eigenvalue weighted by Gasteiger charge is 2.34. The number of hydrogen-bond acceptors (Lipinski definition) is 5. The number of nitrogens with one attached hydrogen (secondary N) is 1. The van der Waals surface area contributed by atoms with Gasteiger partial charge in [-0.15, -0.1) is 0 Å². The molecule has 5 heteroatoms. The van der Waals surface area contributed by atoms with Crippen LogP contribution in [0.2, 0.25) is 0 Å². The molecule has 0 saturated carbocycles. The van der Waals surface area contributed by atoms with Crippen LogP contribution in [0.25, 0.3) is 0 Å². The molecule has 1 aromatic carbocycles. The van der Waals surface area contributed by atoms with Crippen LogP contribution < -0.4 is 11.1 Å². The molecule has 1 aliphatic heterocycles. The summed E-state index contributed by atoms with van der Waals surface area (Å²) in [7, 11) is 1.69. The lowest BCUT2D eigenvalue weighted by Gasteiger charge is -2.26. The molecule has 18 heavy (non-hydrogen) atoms. The van der Waals surface area contributed by atoms with Crippen LogP contribution in [0.3, 0.4) is 0 Å². The zero-order valence-electron chi connectivity index (χ0n) is 10.4. The Morgan fingerprint density at radius 2 is 2.44 bits per heavy atom. The average molecular weight is 247 g/mol. The van der Waals surface area contributed by atoms with E-state index in [4.69, 9.17) is 20.5 Å². The van der Waals surface area contributed by atoms with Gasteiger partial charge in [0.05, 0.1) is 23.5 Å². The van der Waals surface area contributed by atoms with E-state index in [-0.39, 0.29) is 5.60 Å². The van der Waals surface area contributed by atoms with E-state index >= 15 is 0 Å². The van der Waals surface area contributed by atoms with Gasteiger partial charge in [0.1, 0.15) is 11.7 Å². The lowest BCUT2D eigenvalue weighted by Crippen LogP contribution is -2.39. The second kappa shape index (κ2) is 5.25. The van der Waals surface area contributed by atoms with Crippen LogP contribution in [0, 0.1) is 11.3 Å². The maximum absolute atomic E-state index is 8.92. The number of nitrogen functional groups attached to an aromatic ring is 1. The maximum atomic E-state index is 8.92. The molecule has 0 aliphatic carbocycles. The highest BCUT2D eigenvalue weighted by Crippen LogP contribution is 2.26. The summed E-state index contributed by atoms with van der Waals surface area (Å²) in [6, 6.07) is 7.43. The monoisotopic (exact) mass is 247 g/mol. The van der Waals surface area contributed by atoms with Crippen molar-refractivity contribution in [2.24, 2.45) is 0 Å². The van der Waals surface area contributed by atoms with Crippen LogP contribution in [-0.4, -0.2) is 32.5 Å². The lowest BCUT2D eigenvalue weighted by atomic mass is 10.0. The van der Waals surface area contributed by atoms with Gasteiger partial charge in [-0.1, -0.05) is 6.07 Å². The van der Waals surface area contributed by atoms with Gasteiger partial charge in [0.25, 0.3) is 0 Å². The molecule has 0 bridgehead atoms. The number of benzene rings is 1. The third-order valence-electron chi connectivity index (χ3n) is 3.33. The van der Waals surface area contributed by atoms with Crippen molar-refractivity contribution in [3.05, 3.63) is 23.8 Å². The normalized spacial score (nSPS) is 22.7. The van der Waals surface area contributed by atoms with Crippen molar-refractivity contribution in [2.45, 2.75) is 12.0 Å². The minimum atomic E-state index is -0.297. The molecule has 1 aromatic rings. The van der Waals surface area contributed by atoms with Gasteiger partial charge < -0.3 is 20.5 Å².